The van der Waals surface area contributed by atoms with Crippen LogP contribution in [0.25, 0.3) is 27.5 Å². The van der Waals surface area contributed by atoms with Gasteiger partial charge in [-0.3, -0.25) is 9.88 Å². The van der Waals surface area contributed by atoms with Crippen LogP contribution in [-0.2, 0) is 13.0 Å². The number of halogens is 1. The standard InChI is InChI=1S/C25H25FN6/c1-3-20-14-30-24-21(31-20)5-4-18(22(24)26)15-32-10-7-16(8-11-32)19-12-17-6-9-28-25(27-2)23(17)29-13-19/h4-7,9,12-14H,3,8,10-11,15H2,1-2H3,(H,27,28). The van der Waals surface area contributed by atoms with Gasteiger partial charge in [-0.05, 0) is 42.2 Å². The first-order chi connectivity index (χ1) is 15.7. The Labute approximate surface area is 186 Å². The van der Waals surface area contributed by atoms with Crippen LogP contribution in [-0.4, -0.2) is 45.0 Å². The highest BCUT2D eigenvalue weighted by Gasteiger charge is 2.17. The molecule has 5 rings (SSSR count). The van der Waals surface area contributed by atoms with Gasteiger partial charge >= 0.3 is 0 Å². The Balaban J connectivity index is 1.33. The van der Waals surface area contributed by atoms with Gasteiger partial charge in [0.2, 0.25) is 0 Å². The van der Waals surface area contributed by atoms with E-state index in [1.54, 1.807) is 12.4 Å². The molecule has 7 heteroatoms. The summed E-state index contributed by atoms with van der Waals surface area (Å²) in [5.41, 5.74) is 5.78. The second-order valence-electron chi connectivity index (χ2n) is 8.04. The summed E-state index contributed by atoms with van der Waals surface area (Å²) < 4.78 is 15.0. The number of rotatable bonds is 5. The van der Waals surface area contributed by atoms with E-state index >= 15 is 4.39 Å². The van der Waals surface area contributed by atoms with Crippen LogP contribution in [0.4, 0.5) is 10.2 Å². The minimum Gasteiger partial charge on any atom is -0.371 e. The molecule has 3 aromatic heterocycles. The molecular formula is C25H25FN6. The fourth-order valence-corrected chi connectivity index (χ4v) is 4.20. The largest absolute Gasteiger partial charge is 0.371 e. The smallest absolute Gasteiger partial charge is 0.155 e. The molecule has 0 atom stereocenters. The zero-order chi connectivity index (χ0) is 22.1. The predicted octanol–water partition coefficient (Wildman–Crippen LogP) is 4.61. The van der Waals surface area contributed by atoms with Crippen molar-refractivity contribution in [1.29, 1.82) is 0 Å². The lowest BCUT2D eigenvalue weighted by molar-refractivity contribution is 0.289. The predicted molar refractivity (Wildman–Crippen MR) is 126 cm³/mol. The van der Waals surface area contributed by atoms with Gasteiger partial charge in [0.05, 0.1) is 11.2 Å². The minimum absolute atomic E-state index is 0.264. The van der Waals surface area contributed by atoms with Crippen molar-refractivity contribution in [2.24, 2.45) is 0 Å². The maximum atomic E-state index is 15.0. The molecule has 0 amide bonds. The number of hydrogen-bond donors (Lipinski definition) is 1. The van der Waals surface area contributed by atoms with Crippen LogP contribution in [0.5, 0.6) is 0 Å². The third-order valence-corrected chi connectivity index (χ3v) is 6.04. The van der Waals surface area contributed by atoms with Gasteiger partial charge < -0.3 is 5.32 Å². The van der Waals surface area contributed by atoms with E-state index in [1.807, 2.05) is 38.4 Å². The molecule has 6 nitrogen and oxygen atoms in total. The summed E-state index contributed by atoms with van der Waals surface area (Å²) in [6, 6.07) is 7.86. The Bertz CT molecular complexity index is 1330. The number of nitrogens with one attached hydrogen (secondary N) is 1. The average molecular weight is 429 g/mol. The highest BCUT2D eigenvalue weighted by Crippen LogP contribution is 2.27. The quantitative estimate of drug-likeness (QED) is 0.501. The molecule has 162 valence electrons. The normalized spacial score (nSPS) is 14.7. The highest BCUT2D eigenvalue weighted by molar-refractivity contribution is 5.90. The van der Waals surface area contributed by atoms with Crippen molar-refractivity contribution in [3.63, 3.8) is 0 Å². The third kappa shape index (κ3) is 3.80. The molecule has 4 heterocycles. The Morgan fingerprint density at radius 3 is 2.75 bits per heavy atom. The number of aromatic nitrogens is 4. The van der Waals surface area contributed by atoms with Crippen molar-refractivity contribution in [1.82, 2.24) is 24.8 Å². The molecule has 0 aliphatic carbocycles. The minimum atomic E-state index is -0.264. The molecule has 0 fully saturated rings. The van der Waals surface area contributed by atoms with Crippen LogP contribution in [0.3, 0.4) is 0 Å². The van der Waals surface area contributed by atoms with E-state index < -0.39 is 0 Å². The summed E-state index contributed by atoms with van der Waals surface area (Å²) in [5.74, 6) is 0.519. The Morgan fingerprint density at radius 2 is 1.97 bits per heavy atom. The molecule has 32 heavy (non-hydrogen) atoms. The van der Waals surface area contributed by atoms with E-state index in [2.05, 4.69) is 42.3 Å². The van der Waals surface area contributed by atoms with Gasteiger partial charge in [0, 0.05) is 56.2 Å². The molecule has 0 spiro atoms. The number of benzene rings is 1. The first kappa shape index (κ1) is 20.5. The molecule has 1 aliphatic heterocycles. The SMILES string of the molecule is CCc1cnc2c(F)c(CN3CC=C(c4cnc5c(NC)nccc5c4)CC3)ccc2n1. The van der Waals surface area contributed by atoms with E-state index in [9.17, 15) is 0 Å². The van der Waals surface area contributed by atoms with Crippen LogP contribution in [0.15, 0.2) is 48.9 Å². The maximum Gasteiger partial charge on any atom is 0.155 e. The van der Waals surface area contributed by atoms with Gasteiger partial charge in [-0.25, -0.2) is 19.3 Å². The number of fused-ring (bicyclic) bond motifs is 2. The zero-order valence-electron chi connectivity index (χ0n) is 18.3. The van der Waals surface area contributed by atoms with Gasteiger partial charge in [-0.1, -0.05) is 19.1 Å². The summed E-state index contributed by atoms with van der Waals surface area (Å²) in [4.78, 5) is 20.0. The number of aryl methyl sites for hydroxylation is 1. The monoisotopic (exact) mass is 428 g/mol. The van der Waals surface area contributed by atoms with Crippen LogP contribution in [0.1, 0.15) is 30.2 Å². The molecule has 0 bridgehead atoms. The van der Waals surface area contributed by atoms with Gasteiger partial charge in [-0.15, -0.1) is 0 Å². The van der Waals surface area contributed by atoms with Gasteiger partial charge in [-0.2, -0.15) is 0 Å². The summed E-state index contributed by atoms with van der Waals surface area (Å²) >= 11 is 0. The van der Waals surface area contributed by atoms with Crippen LogP contribution in [0, 0.1) is 5.82 Å². The molecule has 0 saturated carbocycles. The third-order valence-electron chi connectivity index (χ3n) is 6.04. The van der Waals surface area contributed by atoms with Gasteiger partial charge in [0.1, 0.15) is 11.0 Å². The van der Waals surface area contributed by atoms with Crippen molar-refractivity contribution in [3.05, 3.63) is 71.6 Å². The summed E-state index contributed by atoms with van der Waals surface area (Å²) in [5, 5.41) is 4.15. The number of pyridine rings is 2. The van der Waals surface area contributed by atoms with Crippen molar-refractivity contribution in [2.45, 2.75) is 26.3 Å². The Morgan fingerprint density at radius 1 is 1.09 bits per heavy atom. The van der Waals surface area contributed by atoms with E-state index in [-0.39, 0.29) is 5.82 Å². The first-order valence-electron chi connectivity index (χ1n) is 10.9. The zero-order valence-corrected chi connectivity index (χ0v) is 18.3. The molecule has 0 saturated heterocycles. The van der Waals surface area contributed by atoms with E-state index in [1.165, 1.54) is 5.57 Å². The lowest BCUT2D eigenvalue weighted by Crippen LogP contribution is -2.28. The number of anilines is 1. The van der Waals surface area contributed by atoms with Crippen molar-refractivity contribution in [2.75, 3.05) is 25.5 Å². The molecular weight excluding hydrogens is 403 g/mol. The van der Waals surface area contributed by atoms with Crippen LogP contribution in [0.2, 0.25) is 0 Å². The highest BCUT2D eigenvalue weighted by atomic mass is 19.1. The van der Waals surface area contributed by atoms with Crippen molar-refractivity contribution in [3.8, 4) is 0 Å². The topological polar surface area (TPSA) is 66.8 Å². The van der Waals surface area contributed by atoms with Crippen LogP contribution < -0.4 is 5.32 Å². The van der Waals surface area contributed by atoms with Crippen molar-refractivity contribution >= 4 is 33.3 Å². The molecule has 1 aliphatic rings. The first-order valence-corrected chi connectivity index (χ1v) is 10.9. The van der Waals surface area contributed by atoms with Crippen LogP contribution >= 0.6 is 0 Å². The average Bonchev–Trinajstić information content (AvgIpc) is 2.85. The number of hydrogen-bond acceptors (Lipinski definition) is 6. The summed E-state index contributed by atoms with van der Waals surface area (Å²) in [6.45, 7) is 4.20. The van der Waals surface area contributed by atoms with Crippen molar-refractivity contribution < 1.29 is 4.39 Å². The molecule has 1 N–H and O–H groups in total. The molecule has 0 unspecified atom stereocenters. The lowest BCUT2D eigenvalue weighted by atomic mass is 9.99. The Hall–Kier alpha value is -3.45. The fraction of sp³-hybridized carbons (Fsp3) is 0.280. The Kier molecular flexibility index (Phi) is 5.49. The molecule has 1 aromatic carbocycles. The summed E-state index contributed by atoms with van der Waals surface area (Å²) in [7, 11) is 1.85. The molecule has 0 radical (unpaired) electrons. The van der Waals surface area contributed by atoms with E-state index in [4.69, 9.17) is 0 Å². The molecule has 4 aromatic rings. The lowest BCUT2D eigenvalue weighted by Gasteiger charge is -2.26. The second-order valence-corrected chi connectivity index (χ2v) is 8.04. The number of nitrogens with zero attached hydrogens (tertiary/aromatic N) is 5. The van der Waals surface area contributed by atoms with E-state index in [0.717, 1.165) is 53.9 Å². The second kappa shape index (κ2) is 8.59. The van der Waals surface area contributed by atoms with Gasteiger partial charge in [0.25, 0.3) is 0 Å². The fourth-order valence-electron chi connectivity index (χ4n) is 4.20. The van der Waals surface area contributed by atoms with E-state index in [0.29, 0.717) is 23.1 Å². The maximum absolute atomic E-state index is 15.0. The summed E-state index contributed by atoms with van der Waals surface area (Å²) in [6.07, 6.45) is 9.28. The van der Waals surface area contributed by atoms with Gasteiger partial charge in [0.15, 0.2) is 11.6 Å².